The molecule has 6 nitrogen and oxygen atoms in total. The van der Waals surface area contributed by atoms with Crippen LogP contribution in [0.25, 0.3) is 0 Å². The molecule has 1 aromatic rings. The standard InChI is InChI=1S/C19H26F3N3O3/c1-18(2,3)25(17(27)28)14-8-12-5-6-13(9-14)24(12)15-7-4-11(10-23-15)16(26)19(20,21)22/h4,7,10,12-14,16,26H,5-6,8-9H2,1-3H3,(H,27,28)/t12-,13+,14?,16?. The lowest BCUT2D eigenvalue weighted by molar-refractivity contribution is -0.206. The molecule has 28 heavy (non-hydrogen) atoms. The highest BCUT2D eigenvalue weighted by Gasteiger charge is 2.46. The van der Waals surface area contributed by atoms with E-state index >= 15 is 0 Å². The van der Waals surface area contributed by atoms with Crippen molar-refractivity contribution in [1.82, 2.24) is 9.88 Å². The molecule has 3 heterocycles. The second-order valence-corrected chi connectivity index (χ2v) is 8.63. The van der Waals surface area contributed by atoms with Gasteiger partial charge < -0.3 is 20.0 Å². The molecule has 2 unspecified atom stereocenters. The summed E-state index contributed by atoms with van der Waals surface area (Å²) in [5.41, 5.74) is -0.797. The maximum atomic E-state index is 12.7. The lowest BCUT2D eigenvalue weighted by Crippen LogP contribution is -2.57. The molecule has 1 aromatic heterocycles. The first-order chi connectivity index (χ1) is 12.9. The molecule has 0 radical (unpaired) electrons. The monoisotopic (exact) mass is 401 g/mol. The smallest absolute Gasteiger partial charge is 0.418 e. The zero-order chi connectivity index (χ0) is 20.9. The minimum absolute atomic E-state index is 0.0961. The van der Waals surface area contributed by atoms with Crippen molar-refractivity contribution in [2.75, 3.05) is 4.90 Å². The van der Waals surface area contributed by atoms with Crippen molar-refractivity contribution in [3.8, 4) is 0 Å². The van der Waals surface area contributed by atoms with Crippen molar-refractivity contribution in [1.29, 1.82) is 0 Å². The van der Waals surface area contributed by atoms with Crippen LogP contribution in [-0.4, -0.2) is 56.0 Å². The Labute approximate surface area is 162 Å². The average Bonchev–Trinajstić information content (AvgIpc) is 2.82. The fraction of sp³-hybridized carbons (Fsp3) is 0.684. The summed E-state index contributed by atoms with van der Waals surface area (Å²) in [4.78, 5) is 19.6. The van der Waals surface area contributed by atoms with Gasteiger partial charge in [-0.1, -0.05) is 6.07 Å². The molecule has 3 rings (SSSR count). The maximum Gasteiger partial charge on any atom is 0.418 e. The molecule has 2 N–H and O–H groups in total. The highest BCUT2D eigenvalue weighted by molar-refractivity contribution is 5.66. The van der Waals surface area contributed by atoms with Crippen LogP contribution in [0.3, 0.4) is 0 Å². The van der Waals surface area contributed by atoms with E-state index in [1.54, 1.807) is 0 Å². The van der Waals surface area contributed by atoms with Crippen molar-refractivity contribution in [3.05, 3.63) is 23.9 Å². The number of halogens is 3. The fourth-order valence-corrected chi connectivity index (χ4v) is 4.62. The number of rotatable bonds is 3. The average molecular weight is 401 g/mol. The van der Waals surface area contributed by atoms with Crippen LogP contribution in [0, 0.1) is 0 Å². The number of aromatic nitrogens is 1. The van der Waals surface area contributed by atoms with E-state index in [2.05, 4.69) is 9.88 Å². The molecule has 2 fully saturated rings. The molecule has 1 amide bonds. The second kappa shape index (κ2) is 7.09. The van der Waals surface area contributed by atoms with Crippen LogP contribution in [0.5, 0.6) is 0 Å². The van der Waals surface area contributed by atoms with E-state index in [0.29, 0.717) is 18.7 Å². The predicted octanol–water partition coefficient (Wildman–Crippen LogP) is 3.96. The molecule has 4 atom stereocenters. The van der Waals surface area contributed by atoms with Gasteiger partial charge in [-0.2, -0.15) is 13.2 Å². The quantitative estimate of drug-likeness (QED) is 0.802. The topological polar surface area (TPSA) is 76.9 Å². The summed E-state index contributed by atoms with van der Waals surface area (Å²) in [6.07, 6.45) is -4.03. The Balaban J connectivity index is 1.77. The van der Waals surface area contributed by atoms with Gasteiger partial charge in [0.25, 0.3) is 0 Å². The van der Waals surface area contributed by atoms with Gasteiger partial charge in [-0.25, -0.2) is 9.78 Å². The molecule has 0 saturated carbocycles. The van der Waals surface area contributed by atoms with Gasteiger partial charge >= 0.3 is 12.3 Å². The molecule has 2 aliphatic rings. The number of carboxylic acid groups (broad SMARTS) is 1. The van der Waals surface area contributed by atoms with E-state index in [1.165, 1.54) is 17.0 Å². The SMILES string of the molecule is CC(C)(C)N(C(=O)O)C1C[C@H]2CC[C@@H](C1)N2c1ccc(C(O)C(F)(F)F)cn1. The van der Waals surface area contributed by atoms with Crippen molar-refractivity contribution in [2.24, 2.45) is 0 Å². The lowest BCUT2D eigenvalue weighted by atomic mass is 9.92. The fourth-order valence-electron chi connectivity index (χ4n) is 4.62. The van der Waals surface area contributed by atoms with Gasteiger partial charge in [-0.05, 0) is 52.5 Å². The Kier molecular flexibility index (Phi) is 5.24. The van der Waals surface area contributed by atoms with Crippen LogP contribution in [0.2, 0.25) is 0 Å². The molecular weight excluding hydrogens is 375 g/mol. The minimum atomic E-state index is -4.73. The van der Waals surface area contributed by atoms with Gasteiger partial charge in [0, 0.05) is 35.4 Å². The van der Waals surface area contributed by atoms with Crippen LogP contribution in [0.4, 0.5) is 23.8 Å². The van der Waals surface area contributed by atoms with Crippen LogP contribution >= 0.6 is 0 Å². The third kappa shape index (κ3) is 3.90. The second-order valence-electron chi connectivity index (χ2n) is 8.63. The van der Waals surface area contributed by atoms with Crippen molar-refractivity contribution >= 4 is 11.9 Å². The normalized spacial score (nSPS) is 26.2. The van der Waals surface area contributed by atoms with Gasteiger partial charge in [-0.3, -0.25) is 0 Å². The first-order valence-corrected chi connectivity index (χ1v) is 9.41. The zero-order valence-electron chi connectivity index (χ0n) is 16.1. The van der Waals surface area contributed by atoms with Crippen LogP contribution in [0.15, 0.2) is 18.3 Å². The summed E-state index contributed by atoms with van der Waals surface area (Å²) in [6, 6.07) is 2.86. The molecule has 0 aromatic carbocycles. The summed E-state index contributed by atoms with van der Waals surface area (Å²) >= 11 is 0. The largest absolute Gasteiger partial charge is 0.465 e. The van der Waals surface area contributed by atoms with E-state index in [4.69, 9.17) is 0 Å². The number of hydrogen-bond acceptors (Lipinski definition) is 4. The van der Waals surface area contributed by atoms with Crippen molar-refractivity contribution in [3.63, 3.8) is 0 Å². The van der Waals surface area contributed by atoms with Gasteiger partial charge in [0.2, 0.25) is 0 Å². The van der Waals surface area contributed by atoms with Crippen LogP contribution in [-0.2, 0) is 0 Å². The highest BCUT2D eigenvalue weighted by atomic mass is 19.4. The van der Waals surface area contributed by atoms with E-state index < -0.39 is 23.9 Å². The summed E-state index contributed by atoms with van der Waals surface area (Å²) in [5, 5.41) is 19.0. The Morgan fingerprint density at radius 3 is 2.18 bits per heavy atom. The van der Waals surface area contributed by atoms with E-state index in [0.717, 1.165) is 19.0 Å². The first kappa shape index (κ1) is 20.7. The summed E-state index contributed by atoms with van der Waals surface area (Å²) < 4.78 is 38.0. The molecule has 2 bridgehead atoms. The maximum absolute atomic E-state index is 12.7. The third-order valence-electron chi connectivity index (χ3n) is 5.66. The Morgan fingerprint density at radius 1 is 1.21 bits per heavy atom. The number of fused-ring (bicyclic) bond motifs is 2. The number of alkyl halides is 3. The molecule has 2 aliphatic heterocycles. The predicted molar refractivity (Wildman–Crippen MR) is 97.2 cm³/mol. The van der Waals surface area contributed by atoms with Gasteiger partial charge in [0.05, 0.1) is 0 Å². The van der Waals surface area contributed by atoms with Gasteiger partial charge in [0.1, 0.15) is 5.82 Å². The van der Waals surface area contributed by atoms with E-state index in [1.807, 2.05) is 20.8 Å². The summed E-state index contributed by atoms with van der Waals surface area (Å²) in [5.74, 6) is 0.571. The number of carbonyl (C=O) groups is 1. The minimum Gasteiger partial charge on any atom is -0.465 e. The number of aliphatic hydroxyl groups is 1. The third-order valence-corrected chi connectivity index (χ3v) is 5.66. The number of piperidine rings is 1. The zero-order valence-corrected chi connectivity index (χ0v) is 16.1. The van der Waals surface area contributed by atoms with Gasteiger partial charge in [-0.15, -0.1) is 0 Å². The molecule has 0 spiro atoms. The highest BCUT2D eigenvalue weighted by Crippen LogP contribution is 2.42. The lowest BCUT2D eigenvalue weighted by Gasteiger charge is -2.47. The number of pyridine rings is 1. The van der Waals surface area contributed by atoms with Crippen molar-refractivity contribution < 1.29 is 28.2 Å². The Bertz CT molecular complexity index is 704. The number of nitrogens with zero attached hydrogens (tertiary/aromatic N) is 3. The molecule has 156 valence electrons. The Hall–Kier alpha value is -2.03. The number of hydrogen-bond donors (Lipinski definition) is 2. The summed E-state index contributed by atoms with van der Waals surface area (Å²) in [7, 11) is 0. The molecular formula is C19H26F3N3O3. The summed E-state index contributed by atoms with van der Waals surface area (Å²) in [6.45, 7) is 5.63. The molecule has 0 aliphatic carbocycles. The molecule has 2 saturated heterocycles. The van der Waals surface area contributed by atoms with E-state index in [-0.39, 0.29) is 23.7 Å². The number of aliphatic hydroxyl groups excluding tert-OH is 1. The first-order valence-electron chi connectivity index (χ1n) is 9.41. The van der Waals surface area contributed by atoms with Gasteiger partial charge in [0.15, 0.2) is 6.10 Å². The Morgan fingerprint density at radius 2 is 1.79 bits per heavy atom. The van der Waals surface area contributed by atoms with Crippen molar-refractivity contribution in [2.45, 2.75) is 82.4 Å². The van der Waals surface area contributed by atoms with E-state index in [9.17, 15) is 28.2 Å². The number of anilines is 1. The van der Waals surface area contributed by atoms with Crippen LogP contribution in [0.1, 0.15) is 58.1 Å². The van der Waals surface area contributed by atoms with Crippen LogP contribution < -0.4 is 4.90 Å². The number of amides is 1. The molecule has 9 heteroatoms.